The Morgan fingerprint density at radius 3 is 2.42 bits per heavy atom. The lowest BCUT2D eigenvalue weighted by Gasteiger charge is -2.23. The number of halogens is 3. The second-order valence-corrected chi connectivity index (χ2v) is 4.11. The smallest absolute Gasteiger partial charge is 0.406 e. The number of carbonyl (C=O) groups is 2. The first kappa shape index (κ1) is 17.5. The van der Waals surface area contributed by atoms with Gasteiger partial charge in [-0.05, 0) is 5.92 Å². The molecule has 2 amide bonds. The van der Waals surface area contributed by atoms with Crippen LogP contribution in [0.1, 0.15) is 6.92 Å². The number of ether oxygens (including phenoxy) is 1. The van der Waals surface area contributed by atoms with Crippen LogP contribution in [0.5, 0.6) is 0 Å². The van der Waals surface area contributed by atoms with Crippen LogP contribution in [0.2, 0.25) is 0 Å². The van der Waals surface area contributed by atoms with E-state index in [1.165, 1.54) is 7.11 Å². The molecular formula is C10H17F3N2O4. The zero-order valence-electron chi connectivity index (χ0n) is 10.7. The van der Waals surface area contributed by atoms with Crippen molar-refractivity contribution in [3.63, 3.8) is 0 Å². The lowest BCUT2D eigenvalue weighted by atomic mass is 10.2. The van der Waals surface area contributed by atoms with Crippen LogP contribution < -0.4 is 5.32 Å². The van der Waals surface area contributed by atoms with Crippen molar-refractivity contribution < 1.29 is 32.6 Å². The molecule has 0 saturated carbocycles. The van der Waals surface area contributed by atoms with Gasteiger partial charge in [0, 0.05) is 13.7 Å². The van der Waals surface area contributed by atoms with Gasteiger partial charge in [-0.15, -0.1) is 0 Å². The monoisotopic (exact) mass is 286 g/mol. The third kappa shape index (κ3) is 9.11. The van der Waals surface area contributed by atoms with Gasteiger partial charge >= 0.3 is 18.2 Å². The average molecular weight is 286 g/mol. The van der Waals surface area contributed by atoms with Crippen LogP contribution in [0.4, 0.5) is 18.0 Å². The van der Waals surface area contributed by atoms with Crippen LogP contribution >= 0.6 is 0 Å². The van der Waals surface area contributed by atoms with Gasteiger partial charge in [-0.2, -0.15) is 13.2 Å². The highest BCUT2D eigenvalue weighted by Gasteiger charge is 2.34. The number of amides is 2. The maximum Gasteiger partial charge on any atom is 0.406 e. The number of carbonyl (C=O) groups excluding carboxylic acids is 1. The molecule has 0 aliphatic heterocycles. The number of alkyl halides is 3. The highest BCUT2D eigenvalue weighted by atomic mass is 19.4. The van der Waals surface area contributed by atoms with E-state index in [1.807, 2.05) is 0 Å². The molecule has 0 aromatic carbocycles. The molecular weight excluding hydrogens is 269 g/mol. The molecule has 0 radical (unpaired) electrons. The third-order valence-electron chi connectivity index (χ3n) is 2.04. The van der Waals surface area contributed by atoms with Gasteiger partial charge < -0.3 is 20.1 Å². The Bertz CT molecular complexity index is 310. The summed E-state index contributed by atoms with van der Waals surface area (Å²) in [6.07, 6.45) is -4.65. The Labute approximate surface area is 108 Å². The Morgan fingerprint density at radius 1 is 1.42 bits per heavy atom. The van der Waals surface area contributed by atoms with E-state index in [2.05, 4.69) is 5.32 Å². The molecule has 0 heterocycles. The first-order valence-electron chi connectivity index (χ1n) is 5.46. The van der Waals surface area contributed by atoms with E-state index in [1.54, 1.807) is 6.92 Å². The van der Waals surface area contributed by atoms with Gasteiger partial charge in [0.25, 0.3) is 0 Å². The zero-order chi connectivity index (χ0) is 15.1. The molecule has 0 saturated heterocycles. The molecule has 1 atom stereocenters. The molecule has 1 unspecified atom stereocenters. The molecule has 0 aromatic rings. The van der Waals surface area contributed by atoms with E-state index in [-0.39, 0.29) is 17.4 Å². The second-order valence-electron chi connectivity index (χ2n) is 4.11. The summed E-state index contributed by atoms with van der Waals surface area (Å²) in [5, 5.41) is 10.7. The van der Waals surface area contributed by atoms with Crippen LogP contribution in [-0.4, -0.2) is 61.5 Å². The normalized spacial score (nSPS) is 12.9. The molecule has 19 heavy (non-hydrogen) atoms. The van der Waals surface area contributed by atoms with Crippen LogP contribution in [0, 0.1) is 5.92 Å². The van der Waals surface area contributed by atoms with Crippen molar-refractivity contribution in [2.75, 3.05) is 33.4 Å². The Morgan fingerprint density at radius 2 is 2.00 bits per heavy atom. The van der Waals surface area contributed by atoms with Gasteiger partial charge in [-0.25, -0.2) is 4.79 Å². The van der Waals surface area contributed by atoms with Crippen LogP contribution in [-0.2, 0) is 9.53 Å². The molecule has 112 valence electrons. The summed E-state index contributed by atoms with van der Waals surface area (Å²) in [4.78, 5) is 22.1. The van der Waals surface area contributed by atoms with Gasteiger partial charge in [-0.1, -0.05) is 6.92 Å². The number of urea groups is 1. The Hall–Kier alpha value is -1.51. The van der Waals surface area contributed by atoms with E-state index in [0.29, 0.717) is 6.61 Å². The summed E-state index contributed by atoms with van der Waals surface area (Å²) >= 11 is 0. The number of rotatable bonds is 7. The van der Waals surface area contributed by atoms with Crippen molar-refractivity contribution in [3.05, 3.63) is 0 Å². The second kappa shape index (κ2) is 7.82. The number of nitrogens with zero attached hydrogens (tertiary/aromatic N) is 1. The van der Waals surface area contributed by atoms with Crippen LogP contribution in [0.3, 0.4) is 0 Å². The molecule has 6 nitrogen and oxygen atoms in total. The van der Waals surface area contributed by atoms with E-state index in [0.717, 1.165) is 0 Å². The number of carboxylic acid groups (broad SMARTS) is 1. The highest BCUT2D eigenvalue weighted by molar-refractivity contribution is 5.80. The maximum absolute atomic E-state index is 12.2. The summed E-state index contributed by atoms with van der Waals surface area (Å²) in [5.74, 6) is -1.60. The lowest BCUT2D eigenvalue weighted by Crippen LogP contribution is -2.48. The predicted molar refractivity (Wildman–Crippen MR) is 59.7 cm³/mol. The molecule has 9 heteroatoms. The van der Waals surface area contributed by atoms with Crippen molar-refractivity contribution in [2.24, 2.45) is 5.92 Å². The van der Waals surface area contributed by atoms with Crippen molar-refractivity contribution in [1.82, 2.24) is 10.2 Å². The molecule has 0 aliphatic rings. The fourth-order valence-electron chi connectivity index (χ4n) is 1.30. The minimum atomic E-state index is -4.65. The summed E-state index contributed by atoms with van der Waals surface area (Å²) in [5.41, 5.74) is 0. The van der Waals surface area contributed by atoms with E-state index < -0.39 is 31.3 Å². The zero-order valence-corrected chi connectivity index (χ0v) is 10.7. The number of hydrogen-bond acceptors (Lipinski definition) is 3. The summed E-state index contributed by atoms with van der Waals surface area (Å²) in [7, 11) is 1.46. The SMILES string of the molecule is COCC(C)CNC(=O)N(CC(=O)O)CC(F)(F)F. The Balaban J connectivity index is 4.42. The molecule has 2 N–H and O–H groups in total. The first-order chi connectivity index (χ1) is 8.65. The molecule has 0 bridgehead atoms. The topological polar surface area (TPSA) is 78.9 Å². The summed E-state index contributed by atoms with van der Waals surface area (Å²) < 4.78 is 41.4. The van der Waals surface area contributed by atoms with Gasteiger partial charge in [0.15, 0.2) is 0 Å². The highest BCUT2D eigenvalue weighted by Crippen LogP contribution is 2.16. The van der Waals surface area contributed by atoms with Crippen molar-refractivity contribution in [1.29, 1.82) is 0 Å². The van der Waals surface area contributed by atoms with Crippen LogP contribution in [0.15, 0.2) is 0 Å². The van der Waals surface area contributed by atoms with Crippen molar-refractivity contribution >= 4 is 12.0 Å². The van der Waals surface area contributed by atoms with E-state index >= 15 is 0 Å². The quantitative estimate of drug-likeness (QED) is 0.729. The molecule has 0 aromatic heterocycles. The standard InChI is InChI=1S/C10H17F3N2O4/c1-7(5-19-2)3-14-9(18)15(4-8(16)17)6-10(11,12)13/h7H,3-6H2,1-2H3,(H,14,18)(H,16,17). The average Bonchev–Trinajstić information content (AvgIpc) is 2.22. The number of methoxy groups -OCH3 is 1. The summed E-state index contributed by atoms with van der Waals surface area (Å²) in [6, 6.07) is -1.07. The minimum Gasteiger partial charge on any atom is -0.480 e. The fraction of sp³-hybridized carbons (Fsp3) is 0.800. The largest absolute Gasteiger partial charge is 0.480 e. The Kier molecular flexibility index (Phi) is 7.20. The van der Waals surface area contributed by atoms with Crippen LogP contribution in [0.25, 0.3) is 0 Å². The number of carboxylic acids is 1. The van der Waals surface area contributed by atoms with Gasteiger partial charge in [0.05, 0.1) is 6.61 Å². The van der Waals surface area contributed by atoms with E-state index in [9.17, 15) is 22.8 Å². The van der Waals surface area contributed by atoms with Gasteiger partial charge in [0.2, 0.25) is 0 Å². The number of aliphatic carboxylic acids is 1. The van der Waals surface area contributed by atoms with Gasteiger partial charge in [0.1, 0.15) is 13.1 Å². The van der Waals surface area contributed by atoms with Gasteiger partial charge in [-0.3, -0.25) is 4.79 Å². The fourth-order valence-corrected chi connectivity index (χ4v) is 1.30. The molecule has 0 spiro atoms. The molecule has 0 rings (SSSR count). The van der Waals surface area contributed by atoms with Crippen molar-refractivity contribution in [2.45, 2.75) is 13.1 Å². The predicted octanol–water partition coefficient (Wildman–Crippen LogP) is 0.927. The minimum absolute atomic E-state index is 0.0912. The molecule has 0 fully saturated rings. The lowest BCUT2D eigenvalue weighted by molar-refractivity contribution is -0.148. The first-order valence-corrected chi connectivity index (χ1v) is 5.46. The number of nitrogens with one attached hydrogen (secondary N) is 1. The third-order valence-corrected chi connectivity index (χ3v) is 2.04. The van der Waals surface area contributed by atoms with Crippen molar-refractivity contribution in [3.8, 4) is 0 Å². The molecule has 0 aliphatic carbocycles. The maximum atomic E-state index is 12.2. The summed E-state index contributed by atoms with van der Waals surface area (Å²) in [6.45, 7) is -0.456. The number of hydrogen-bond donors (Lipinski definition) is 2. The van der Waals surface area contributed by atoms with E-state index in [4.69, 9.17) is 9.84 Å².